The molecule has 1 aliphatic heterocycles. The zero-order valence-corrected chi connectivity index (χ0v) is 17.5. The first-order valence-corrected chi connectivity index (χ1v) is 9.57. The molecule has 2 aliphatic rings. The molecule has 2 rings (SSSR count). The van der Waals surface area contributed by atoms with Crippen LogP contribution in [0.3, 0.4) is 0 Å². The van der Waals surface area contributed by atoms with E-state index in [1.807, 2.05) is 7.05 Å². The molecule has 1 saturated heterocycles. The summed E-state index contributed by atoms with van der Waals surface area (Å²) in [5.41, 5.74) is 0. The molecular formula is C16H33IN4S. The maximum absolute atomic E-state index is 4.48. The third-order valence-electron chi connectivity index (χ3n) is 4.80. The Balaban J connectivity index is 0.00000242. The number of hydrogen-bond acceptors (Lipinski definition) is 3. The predicted molar refractivity (Wildman–Crippen MR) is 110 cm³/mol. The van der Waals surface area contributed by atoms with Gasteiger partial charge >= 0.3 is 0 Å². The maximum Gasteiger partial charge on any atom is 0.193 e. The molecule has 1 unspecified atom stereocenters. The third-order valence-corrected chi connectivity index (χ3v) is 6.17. The summed E-state index contributed by atoms with van der Waals surface area (Å²) in [6, 6.07) is 0.810. The Bertz CT molecular complexity index is 334. The van der Waals surface area contributed by atoms with E-state index in [0.29, 0.717) is 0 Å². The fourth-order valence-electron chi connectivity index (χ4n) is 3.36. The van der Waals surface area contributed by atoms with Crippen LogP contribution in [0.4, 0.5) is 0 Å². The summed E-state index contributed by atoms with van der Waals surface area (Å²) in [5, 5.41) is 4.33. The average Bonchev–Trinajstić information content (AvgIpc) is 3.06. The molecule has 0 radical (unpaired) electrons. The van der Waals surface area contributed by atoms with Gasteiger partial charge < -0.3 is 15.1 Å². The van der Waals surface area contributed by atoms with Crippen molar-refractivity contribution < 1.29 is 0 Å². The van der Waals surface area contributed by atoms with Gasteiger partial charge in [0.25, 0.3) is 0 Å². The van der Waals surface area contributed by atoms with Crippen LogP contribution in [0.1, 0.15) is 39.0 Å². The minimum atomic E-state index is 0. The van der Waals surface area contributed by atoms with E-state index in [0.717, 1.165) is 43.4 Å². The summed E-state index contributed by atoms with van der Waals surface area (Å²) < 4.78 is 0. The van der Waals surface area contributed by atoms with E-state index in [1.165, 1.54) is 37.9 Å². The Labute approximate surface area is 157 Å². The second-order valence-electron chi connectivity index (χ2n) is 6.24. The molecule has 2 fully saturated rings. The van der Waals surface area contributed by atoms with Crippen LogP contribution in [0.15, 0.2) is 4.99 Å². The smallest absolute Gasteiger partial charge is 0.193 e. The zero-order chi connectivity index (χ0) is 15.1. The van der Waals surface area contributed by atoms with E-state index in [1.54, 1.807) is 0 Å². The highest BCUT2D eigenvalue weighted by Gasteiger charge is 2.22. The van der Waals surface area contributed by atoms with E-state index >= 15 is 0 Å². The van der Waals surface area contributed by atoms with E-state index in [-0.39, 0.29) is 24.0 Å². The lowest BCUT2D eigenvalue weighted by molar-refractivity contribution is 0.248. The van der Waals surface area contributed by atoms with Crippen LogP contribution >= 0.6 is 35.7 Å². The van der Waals surface area contributed by atoms with Crippen LogP contribution in [0.25, 0.3) is 0 Å². The minimum Gasteiger partial charge on any atom is -0.355 e. The van der Waals surface area contributed by atoms with Crippen molar-refractivity contribution >= 4 is 41.7 Å². The summed E-state index contributed by atoms with van der Waals surface area (Å²) in [6.07, 6.45) is 6.84. The van der Waals surface area contributed by atoms with Crippen LogP contribution in [0.2, 0.25) is 0 Å². The average molecular weight is 440 g/mol. The van der Waals surface area contributed by atoms with Crippen molar-refractivity contribution in [2.75, 3.05) is 46.0 Å². The standard InChI is InChI=1S/C16H32N4S.HI/c1-4-15-13-20(11-12-21-15)16(17-2)18-9-10-19(3)14-7-5-6-8-14;/h14-15H,4-13H2,1-3H3,(H,17,18);1H. The van der Waals surface area contributed by atoms with E-state index in [2.05, 4.69) is 45.8 Å². The molecule has 1 aliphatic carbocycles. The van der Waals surface area contributed by atoms with Crippen LogP contribution in [-0.4, -0.2) is 73.1 Å². The number of nitrogens with one attached hydrogen (secondary N) is 1. The number of likely N-dealkylation sites (N-methyl/N-ethyl adjacent to an activating group) is 1. The largest absolute Gasteiger partial charge is 0.355 e. The molecule has 1 heterocycles. The first kappa shape index (κ1) is 20.4. The summed E-state index contributed by atoms with van der Waals surface area (Å²) >= 11 is 2.11. The predicted octanol–water partition coefficient (Wildman–Crippen LogP) is 2.88. The molecule has 0 spiro atoms. The minimum absolute atomic E-state index is 0. The second kappa shape index (κ2) is 11.0. The number of rotatable bonds is 5. The zero-order valence-electron chi connectivity index (χ0n) is 14.4. The quantitative estimate of drug-likeness (QED) is 0.405. The molecule has 0 aromatic rings. The summed E-state index contributed by atoms with van der Waals surface area (Å²) in [7, 11) is 4.18. The molecule has 0 amide bonds. The number of hydrogen-bond donors (Lipinski definition) is 1. The molecule has 6 heteroatoms. The molecule has 22 heavy (non-hydrogen) atoms. The lowest BCUT2D eigenvalue weighted by Gasteiger charge is -2.34. The number of guanidine groups is 1. The van der Waals surface area contributed by atoms with Crippen molar-refractivity contribution in [1.82, 2.24) is 15.1 Å². The first-order chi connectivity index (χ1) is 10.2. The van der Waals surface area contributed by atoms with Gasteiger partial charge in [-0.3, -0.25) is 4.99 Å². The highest BCUT2D eigenvalue weighted by Crippen LogP contribution is 2.22. The molecule has 1 saturated carbocycles. The van der Waals surface area contributed by atoms with Crippen LogP contribution in [0.5, 0.6) is 0 Å². The van der Waals surface area contributed by atoms with E-state index in [4.69, 9.17) is 0 Å². The van der Waals surface area contributed by atoms with Gasteiger partial charge in [-0.25, -0.2) is 0 Å². The lowest BCUT2D eigenvalue weighted by Crippen LogP contribution is -2.49. The molecule has 1 N–H and O–H groups in total. The van der Waals surface area contributed by atoms with Crippen molar-refractivity contribution in [3.8, 4) is 0 Å². The normalized spacial score (nSPS) is 23.7. The van der Waals surface area contributed by atoms with Crippen LogP contribution < -0.4 is 5.32 Å². The number of nitrogens with zero attached hydrogens (tertiary/aromatic N) is 3. The molecule has 4 nitrogen and oxygen atoms in total. The first-order valence-electron chi connectivity index (χ1n) is 8.52. The lowest BCUT2D eigenvalue weighted by atomic mass is 10.2. The maximum atomic E-state index is 4.48. The Morgan fingerprint density at radius 3 is 2.73 bits per heavy atom. The fraction of sp³-hybridized carbons (Fsp3) is 0.938. The fourth-order valence-corrected chi connectivity index (χ4v) is 4.54. The Morgan fingerprint density at radius 2 is 2.09 bits per heavy atom. The van der Waals surface area contributed by atoms with Crippen LogP contribution in [-0.2, 0) is 0 Å². The van der Waals surface area contributed by atoms with Crippen molar-refractivity contribution in [3.05, 3.63) is 0 Å². The highest BCUT2D eigenvalue weighted by atomic mass is 127. The van der Waals surface area contributed by atoms with Gasteiger partial charge in [-0.15, -0.1) is 24.0 Å². The van der Waals surface area contributed by atoms with Crippen molar-refractivity contribution in [2.45, 2.75) is 50.3 Å². The summed E-state index contributed by atoms with van der Waals surface area (Å²) in [4.78, 5) is 9.43. The van der Waals surface area contributed by atoms with Crippen LogP contribution in [0, 0.1) is 0 Å². The van der Waals surface area contributed by atoms with Gasteiger partial charge in [0.1, 0.15) is 0 Å². The molecule has 1 atom stereocenters. The number of halogens is 1. The number of thioether (sulfide) groups is 1. The molecule has 0 aromatic heterocycles. The summed E-state index contributed by atoms with van der Waals surface area (Å²) in [6.45, 7) is 6.66. The number of aliphatic imine (C=N–C) groups is 1. The summed E-state index contributed by atoms with van der Waals surface area (Å²) in [5.74, 6) is 2.31. The molecule has 0 bridgehead atoms. The Kier molecular flexibility index (Phi) is 10.1. The van der Waals surface area contributed by atoms with Crippen molar-refractivity contribution in [2.24, 2.45) is 4.99 Å². The van der Waals surface area contributed by atoms with Crippen molar-refractivity contribution in [3.63, 3.8) is 0 Å². The molecular weight excluding hydrogens is 407 g/mol. The van der Waals surface area contributed by atoms with Gasteiger partial charge in [-0.1, -0.05) is 19.8 Å². The SMILES string of the molecule is CCC1CN(C(=NC)NCCN(C)C2CCCC2)CCS1.I. The Hall–Kier alpha value is 0.310. The van der Waals surface area contributed by atoms with Crippen molar-refractivity contribution in [1.29, 1.82) is 0 Å². The van der Waals surface area contributed by atoms with E-state index in [9.17, 15) is 0 Å². The molecule has 130 valence electrons. The van der Waals surface area contributed by atoms with E-state index < -0.39 is 0 Å². The Morgan fingerprint density at radius 1 is 1.36 bits per heavy atom. The highest BCUT2D eigenvalue weighted by molar-refractivity contribution is 14.0. The molecule has 0 aromatic carbocycles. The monoisotopic (exact) mass is 440 g/mol. The van der Waals surface area contributed by atoms with Gasteiger partial charge in [0, 0.05) is 50.3 Å². The third kappa shape index (κ3) is 6.07. The van der Waals surface area contributed by atoms with Gasteiger partial charge in [-0.05, 0) is 26.3 Å². The topological polar surface area (TPSA) is 30.9 Å². The van der Waals surface area contributed by atoms with Gasteiger partial charge in [0.05, 0.1) is 0 Å². The van der Waals surface area contributed by atoms with Gasteiger partial charge in [0.15, 0.2) is 5.96 Å². The van der Waals surface area contributed by atoms with Gasteiger partial charge in [-0.2, -0.15) is 11.8 Å². The second-order valence-corrected chi connectivity index (χ2v) is 7.65. The van der Waals surface area contributed by atoms with Gasteiger partial charge in [0.2, 0.25) is 0 Å².